The first-order valence-electron chi connectivity index (χ1n) is 7.53. The highest BCUT2D eigenvalue weighted by Crippen LogP contribution is 2.24. The Labute approximate surface area is 155 Å². The minimum atomic E-state index is -3.96. The molecule has 3 rings (SSSR count). The molecule has 2 aromatic carbocycles. The topological polar surface area (TPSA) is 84.9 Å². The zero-order valence-electron chi connectivity index (χ0n) is 14.0. The van der Waals surface area contributed by atoms with Gasteiger partial charge in [-0.3, -0.25) is 9.13 Å². The summed E-state index contributed by atoms with van der Waals surface area (Å²) < 4.78 is 28.3. The number of sulfone groups is 1. The van der Waals surface area contributed by atoms with Crippen LogP contribution in [0.1, 0.15) is 5.56 Å². The second kappa shape index (κ2) is 6.48. The van der Waals surface area contributed by atoms with Crippen LogP contribution in [0, 0.1) is 11.3 Å². The number of aromatic nitrogens is 2. The zero-order valence-corrected chi connectivity index (χ0v) is 15.5. The molecule has 0 aliphatic carbocycles. The molecule has 0 spiro atoms. The van der Waals surface area contributed by atoms with Gasteiger partial charge in [0.05, 0.1) is 15.9 Å². The third kappa shape index (κ3) is 2.94. The molecule has 26 heavy (non-hydrogen) atoms. The lowest BCUT2D eigenvalue weighted by atomic mass is 10.2. The molecule has 1 aromatic heterocycles. The van der Waals surface area contributed by atoms with Crippen LogP contribution in [-0.4, -0.2) is 17.6 Å². The molecule has 0 radical (unpaired) electrons. The van der Waals surface area contributed by atoms with E-state index in [0.29, 0.717) is 21.6 Å². The molecular formula is C18H14ClN3O3S. The smallest absolute Gasteiger partial charge is 0.295 e. The second-order valence-corrected chi connectivity index (χ2v) is 8.08. The zero-order chi connectivity index (χ0) is 19.1. The molecule has 0 aliphatic heterocycles. The van der Waals surface area contributed by atoms with Crippen molar-refractivity contribution in [3.63, 3.8) is 0 Å². The lowest BCUT2D eigenvalue weighted by molar-refractivity contribution is 0.603. The van der Waals surface area contributed by atoms with Gasteiger partial charge >= 0.3 is 5.69 Å². The Morgan fingerprint density at radius 3 is 2.31 bits per heavy atom. The van der Waals surface area contributed by atoms with Crippen molar-refractivity contribution >= 4 is 38.5 Å². The van der Waals surface area contributed by atoms with E-state index in [0.717, 1.165) is 0 Å². The van der Waals surface area contributed by atoms with E-state index in [9.17, 15) is 18.5 Å². The Morgan fingerprint density at radius 2 is 1.69 bits per heavy atom. The summed E-state index contributed by atoms with van der Waals surface area (Å²) in [7, 11) is -0.673. The normalized spacial score (nSPS) is 12.3. The lowest BCUT2D eigenvalue weighted by Gasteiger charge is -2.04. The molecule has 6 nitrogen and oxygen atoms in total. The van der Waals surface area contributed by atoms with Crippen LogP contribution < -0.4 is 5.69 Å². The van der Waals surface area contributed by atoms with Gasteiger partial charge in [0.2, 0.25) is 9.84 Å². The number of benzene rings is 2. The Morgan fingerprint density at radius 1 is 1.08 bits per heavy atom. The van der Waals surface area contributed by atoms with Crippen molar-refractivity contribution < 1.29 is 8.42 Å². The van der Waals surface area contributed by atoms with Gasteiger partial charge in [0.15, 0.2) is 0 Å². The highest BCUT2D eigenvalue weighted by atomic mass is 35.5. The molecule has 0 fully saturated rings. The van der Waals surface area contributed by atoms with Gasteiger partial charge in [-0.1, -0.05) is 17.7 Å². The van der Waals surface area contributed by atoms with E-state index in [-0.39, 0.29) is 15.5 Å². The maximum absolute atomic E-state index is 12.7. The van der Waals surface area contributed by atoms with Crippen LogP contribution in [0.3, 0.4) is 0 Å². The van der Waals surface area contributed by atoms with Crippen LogP contribution in [-0.2, 0) is 23.9 Å². The summed E-state index contributed by atoms with van der Waals surface area (Å²) >= 11 is 5.79. The number of allylic oxidation sites excluding steroid dienone is 1. The molecule has 0 saturated carbocycles. The number of nitriles is 1. The summed E-state index contributed by atoms with van der Waals surface area (Å²) in [6.07, 6.45) is 1.29. The van der Waals surface area contributed by atoms with Gasteiger partial charge in [-0.2, -0.15) is 5.26 Å². The highest BCUT2D eigenvalue weighted by Gasteiger charge is 2.21. The largest absolute Gasteiger partial charge is 0.328 e. The number of rotatable bonds is 3. The number of fused-ring (bicyclic) bond motifs is 1. The summed E-state index contributed by atoms with van der Waals surface area (Å²) in [5.74, 6) is 0. The molecule has 0 unspecified atom stereocenters. The lowest BCUT2D eigenvalue weighted by Crippen LogP contribution is -2.19. The van der Waals surface area contributed by atoms with Gasteiger partial charge in [0, 0.05) is 19.1 Å². The summed E-state index contributed by atoms with van der Waals surface area (Å²) in [6.45, 7) is 0. The first kappa shape index (κ1) is 18.0. The molecule has 0 amide bonds. The van der Waals surface area contributed by atoms with Crippen molar-refractivity contribution in [2.24, 2.45) is 14.1 Å². The molecule has 0 atom stereocenters. The van der Waals surface area contributed by atoms with Gasteiger partial charge < -0.3 is 0 Å². The predicted molar refractivity (Wildman–Crippen MR) is 100 cm³/mol. The van der Waals surface area contributed by atoms with Gasteiger partial charge in [-0.05, 0) is 48.0 Å². The number of nitrogens with zero attached hydrogens (tertiary/aromatic N) is 3. The summed E-state index contributed by atoms with van der Waals surface area (Å²) in [6, 6.07) is 12.4. The maximum Gasteiger partial charge on any atom is 0.328 e. The Hall–Kier alpha value is -2.82. The molecule has 132 valence electrons. The van der Waals surface area contributed by atoms with Crippen LogP contribution in [0.4, 0.5) is 0 Å². The van der Waals surface area contributed by atoms with Gasteiger partial charge in [-0.15, -0.1) is 0 Å². The molecule has 8 heteroatoms. The van der Waals surface area contributed by atoms with Crippen molar-refractivity contribution in [3.8, 4) is 6.07 Å². The fourth-order valence-corrected chi connectivity index (χ4v) is 3.96. The summed E-state index contributed by atoms with van der Waals surface area (Å²) in [4.78, 5) is 11.6. The first-order valence-corrected chi connectivity index (χ1v) is 9.40. The minimum absolute atomic E-state index is 0.0112. The fraction of sp³-hybridized carbons (Fsp3) is 0.111. The monoisotopic (exact) mass is 387 g/mol. The van der Waals surface area contributed by atoms with E-state index in [1.807, 2.05) is 0 Å². The number of hydrogen-bond donors (Lipinski definition) is 0. The molecule has 0 bridgehead atoms. The molecule has 1 heterocycles. The summed E-state index contributed by atoms with van der Waals surface area (Å²) in [5.41, 5.74) is 1.68. The average Bonchev–Trinajstić information content (AvgIpc) is 2.84. The van der Waals surface area contributed by atoms with Crippen molar-refractivity contribution in [2.75, 3.05) is 0 Å². The van der Waals surface area contributed by atoms with E-state index in [1.54, 1.807) is 38.4 Å². The summed E-state index contributed by atoms with van der Waals surface area (Å²) in [5, 5.41) is 9.78. The molecule has 0 N–H and O–H groups in total. The Bertz CT molecular complexity index is 1240. The van der Waals surface area contributed by atoms with E-state index < -0.39 is 9.84 Å². The Kier molecular flexibility index (Phi) is 4.48. The van der Waals surface area contributed by atoms with Crippen molar-refractivity contribution in [1.29, 1.82) is 5.26 Å². The minimum Gasteiger partial charge on any atom is -0.295 e. The number of hydrogen-bond acceptors (Lipinski definition) is 4. The van der Waals surface area contributed by atoms with E-state index in [2.05, 4.69) is 0 Å². The number of imidazole rings is 1. The van der Waals surface area contributed by atoms with Crippen molar-refractivity contribution in [2.45, 2.75) is 4.90 Å². The fourth-order valence-electron chi connectivity index (χ4n) is 2.68. The predicted octanol–water partition coefficient (Wildman–Crippen LogP) is 2.87. The molecule has 0 aliphatic rings. The highest BCUT2D eigenvalue weighted by molar-refractivity contribution is 7.95. The quantitative estimate of drug-likeness (QED) is 0.647. The van der Waals surface area contributed by atoms with Gasteiger partial charge in [-0.25, -0.2) is 13.2 Å². The van der Waals surface area contributed by atoms with Crippen LogP contribution in [0.25, 0.3) is 17.1 Å². The SMILES string of the molecule is Cn1c(=O)n(C)c2cc(/C=C(\C#N)S(=O)(=O)c3ccc(Cl)cc3)ccc21. The van der Waals surface area contributed by atoms with Crippen LogP contribution in [0.2, 0.25) is 5.02 Å². The number of aryl methyl sites for hydroxylation is 2. The van der Waals surface area contributed by atoms with Crippen LogP contribution in [0.15, 0.2) is 57.1 Å². The van der Waals surface area contributed by atoms with Crippen LogP contribution in [0.5, 0.6) is 0 Å². The third-order valence-corrected chi connectivity index (χ3v) is 6.05. The van der Waals surface area contributed by atoms with E-state index >= 15 is 0 Å². The molecule has 0 saturated heterocycles. The standard InChI is InChI=1S/C18H14ClN3O3S/c1-21-16-8-3-12(10-17(16)22(2)18(21)23)9-15(11-20)26(24,25)14-6-4-13(19)5-7-14/h3-10H,1-2H3/b15-9+. The molecule has 3 aromatic rings. The van der Waals surface area contributed by atoms with Crippen molar-refractivity contribution in [3.05, 3.63) is 68.4 Å². The first-order chi connectivity index (χ1) is 12.3. The van der Waals surface area contributed by atoms with Crippen molar-refractivity contribution in [1.82, 2.24) is 9.13 Å². The van der Waals surface area contributed by atoms with E-state index in [4.69, 9.17) is 11.6 Å². The average molecular weight is 388 g/mol. The van der Waals surface area contributed by atoms with Crippen LogP contribution >= 0.6 is 11.6 Å². The van der Waals surface area contributed by atoms with Gasteiger partial charge in [0.25, 0.3) is 0 Å². The second-order valence-electron chi connectivity index (χ2n) is 5.73. The number of halogens is 1. The third-order valence-electron chi connectivity index (χ3n) is 4.12. The maximum atomic E-state index is 12.7. The molecular weight excluding hydrogens is 374 g/mol. The Balaban J connectivity index is 2.14. The van der Waals surface area contributed by atoms with E-state index in [1.165, 1.54) is 39.5 Å². The van der Waals surface area contributed by atoms with Gasteiger partial charge in [0.1, 0.15) is 11.0 Å².